The maximum absolute atomic E-state index is 13.9. The van der Waals surface area contributed by atoms with Crippen LogP contribution in [0.5, 0.6) is 0 Å². The molecule has 0 aliphatic carbocycles. The number of anilines is 1. The molecule has 0 radical (unpaired) electrons. The van der Waals surface area contributed by atoms with Gasteiger partial charge >= 0.3 is 0 Å². The predicted molar refractivity (Wildman–Crippen MR) is 121 cm³/mol. The number of halogens is 2. The van der Waals surface area contributed by atoms with Crippen LogP contribution in [0.25, 0.3) is 11.3 Å². The minimum Gasteiger partial charge on any atom is -0.375 e. The molecule has 174 valence electrons. The Bertz CT molecular complexity index is 1190. The van der Waals surface area contributed by atoms with Crippen molar-refractivity contribution >= 4 is 17.3 Å². The Labute approximate surface area is 195 Å². The van der Waals surface area contributed by atoms with Crippen molar-refractivity contribution in [2.75, 3.05) is 24.6 Å². The van der Waals surface area contributed by atoms with Crippen molar-refractivity contribution in [1.29, 1.82) is 0 Å². The molecule has 0 N–H and O–H groups in total. The molecule has 0 bridgehead atoms. The smallest absolute Gasteiger partial charge is 0.269 e. The number of pyridine rings is 1. The fourth-order valence-electron chi connectivity index (χ4n) is 4.67. The number of hydrogen-bond donors (Lipinski definition) is 0. The van der Waals surface area contributed by atoms with Gasteiger partial charge in [0.25, 0.3) is 5.56 Å². The topological polar surface area (TPSA) is 86.3 Å². The van der Waals surface area contributed by atoms with Gasteiger partial charge in [-0.3, -0.25) is 4.79 Å². The molecule has 33 heavy (non-hydrogen) atoms. The highest BCUT2D eigenvalue weighted by Crippen LogP contribution is 2.37. The minimum atomic E-state index is -0.787. The highest BCUT2D eigenvalue weighted by Gasteiger charge is 2.40. The van der Waals surface area contributed by atoms with Crippen LogP contribution in [0.2, 0.25) is 5.15 Å². The molecule has 0 saturated carbocycles. The fourth-order valence-corrected chi connectivity index (χ4v) is 4.79. The summed E-state index contributed by atoms with van der Waals surface area (Å²) in [6.07, 6.45) is 4.96. The standard InChI is InChI=1S/C23H25ClFN5O3/c1-15-19(22(28-33-15)16-2-3-20(24)26-12-16)14-30-21(31)10-18(13-27-30)29-7-5-23(6-8-29)11-17(25)4-9-32-23/h2-3,10,12-13,17H,4-9,11,14H2,1H3/t17-/m1/s1. The molecule has 0 unspecified atom stereocenters. The normalized spacial score (nSPS) is 20.3. The van der Waals surface area contributed by atoms with Crippen LogP contribution in [0.15, 0.2) is 39.9 Å². The molecule has 10 heteroatoms. The molecule has 3 aromatic rings. The third kappa shape index (κ3) is 4.52. The second kappa shape index (κ2) is 8.87. The van der Waals surface area contributed by atoms with Gasteiger partial charge in [-0.05, 0) is 31.9 Å². The van der Waals surface area contributed by atoms with Gasteiger partial charge in [-0.25, -0.2) is 14.1 Å². The highest BCUT2D eigenvalue weighted by molar-refractivity contribution is 6.29. The van der Waals surface area contributed by atoms with Crippen molar-refractivity contribution in [2.45, 2.75) is 50.9 Å². The van der Waals surface area contributed by atoms with Crippen molar-refractivity contribution in [1.82, 2.24) is 19.9 Å². The maximum Gasteiger partial charge on any atom is 0.269 e. The molecule has 0 amide bonds. The Kier molecular flexibility index (Phi) is 5.92. The molecule has 8 nitrogen and oxygen atoms in total. The Morgan fingerprint density at radius 3 is 2.79 bits per heavy atom. The van der Waals surface area contributed by atoms with Crippen LogP contribution < -0.4 is 10.5 Å². The first-order valence-corrected chi connectivity index (χ1v) is 11.5. The lowest BCUT2D eigenvalue weighted by Gasteiger charge is -2.45. The average Bonchev–Trinajstić information content (AvgIpc) is 3.16. The Hall–Kier alpha value is -2.78. The second-order valence-corrected chi connectivity index (χ2v) is 9.14. The Morgan fingerprint density at radius 1 is 1.27 bits per heavy atom. The Balaban J connectivity index is 1.31. The average molecular weight is 474 g/mol. The number of rotatable bonds is 4. The number of piperidine rings is 1. The molecule has 2 aliphatic heterocycles. The van der Waals surface area contributed by atoms with E-state index in [2.05, 4.69) is 20.1 Å². The lowest BCUT2D eigenvalue weighted by atomic mass is 9.83. The molecule has 5 heterocycles. The molecule has 1 atom stereocenters. The van der Waals surface area contributed by atoms with E-state index in [1.54, 1.807) is 37.5 Å². The van der Waals surface area contributed by atoms with Gasteiger partial charge in [0.2, 0.25) is 0 Å². The fraction of sp³-hybridized carbons (Fsp3) is 0.478. The summed E-state index contributed by atoms with van der Waals surface area (Å²) < 4.78 is 26.6. The van der Waals surface area contributed by atoms with Crippen molar-refractivity contribution < 1.29 is 13.7 Å². The van der Waals surface area contributed by atoms with Gasteiger partial charge in [0, 0.05) is 49.3 Å². The van der Waals surface area contributed by atoms with Crippen LogP contribution in [-0.4, -0.2) is 51.4 Å². The SMILES string of the molecule is Cc1onc(-c2ccc(Cl)nc2)c1Cn1ncc(N2CCC3(CC2)C[C@H](F)CCO3)cc1=O. The number of ether oxygens (including phenoxy) is 1. The maximum atomic E-state index is 13.9. The lowest BCUT2D eigenvalue weighted by molar-refractivity contribution is -0.114. The van der Waals surface area contributed by atoms with Gasteiger partial charge in [-0.1, -0.05) is 16.8 Å². The van der Waals surface area contributed by atoms with Crippen LogP contribution in [0.1, 0.15) is 37.0 Å². The molecule has 2 aliphatic rings. The number of hydrogen-bond acceptors (Lipinski definition) is 7. The first kappa shape index (κ1) is 22.0. The first-order valence-electron chi connectivity index (χ1n) is 11.1. The van der Waals surface area contributed by atoms with E-state index in [0.29, 0.717) is 49.1 Å². The zero-order valence-corrected chi connectivity index (χ0v) is 19.1. The first-order chi connectivity index (χ1) is 15.9. The lowest BCUT2D eigenvalue weighted by Crippen LogP contribution is -2.50. The van der Waals surface area contributed by atoms with Crippen LogP contribution >= 0.6 is 11.6 Å². The molecular formula is C23H25ClFN5O3. The highest BCUT2D eigenvalue weighted by atomic mass is 35.5. The van der Waals surface area contributed by atoms with E-state index in [1.165, 1.54) is 4.68 Å². The van der Waals surface area contributed by atoms with E-state index < -0.39 is 6.17 Å². The Morgan fingerprint density at radius 2 is 2.09 bits per heavy atom. The summed E-state index contributed by atoms with van der Waals surface area (Å²) >= 11 is 5.88. The van der Waals surface area contributed by atoms with E-state index in [9.17, 15) is 9.18 Å². The van der Waals surface area contributed by atoms with E-state index in [0.717, 1.165) is 29.7 Å². The van der Waals surface area contributed by atoms with Crippen molar-refractivity contribution in [3.63, 3.8) is 0 Å². The van der Waals surface area contributed by atoms with Crippen LogP contribution in [0.3, 0.4) is 0 Å². The molecule has 1 spiro atoms. The van der Waals surface area contributed by atoms with Crippen molar-refractivity contribution in [3.05, 3.63) is 57.4 Å². The third-order valence-electron chi connectivity index (χ3n) is 6.62. The van der Waals surface area contributed by atoms with E-state index >= 15 is 0 Å². The van der Waals surface area contributed by atoms with Crippen LogP contribution in [0, 0.1) is 6.92 Å². The third-order valence-corrected chi connectivity index (χ3v) is 6.84. The van der Waals surface area contributed by atoms with Gasteiger partial charge in [-0.2, -0.15) is 5.10 Å². The summed E-state index contributed by atoms with van der Waals surface area (Å²) in [4.78, 5) is 19.1. The summed E-state index contributed by atoms with van der Waals surface area (Å²) in [6, 6.07) is 5.08. The summed E-state index contributed by atoms with van der Waals surface area (Å²) in [5.74, 6) is 0.609. The number of aryl methyl sites for hydroxylation is 1. The monoisotopic (exact) mass is 473 g/mol. The number of alkyl halides is 1. The molecule has 0 aromatic carbocycles. The van der Waals surface area contributed by atoms with E-state index in [-0.39, 0.29) is 17.7 Å². The van der Waals surface area contributed by atoms with Crippen molar-refractivity contribution in [2.24, 2.45) is 0 Å². The number of aromatic nitrogens is 4. The van der Waals surface area contributed by atoms with Gasteiger partial charge < -0.3 is 14.2 Å². The van der Waals surface area contributed by atoms with Crippen LogP contribution in [0.4, 0.5) is 10.1 Å². The van der Waals surface area contributed by atoms with Gasteiger partial charge in [0.1, 0.15) is 22.8 Å². The minimum absolute atomic E-state index is 0.216. The number of nitrogens with zero attached hydrogens (tertiary/aromatic N) is 5. The van der Waals surface area contributed by atoms with Gasteiger partial charge in [0.15, 0.2) is 0 Å². The second-order valence-electron chi connectivity index (χ2n) is 8.75. The zero-order chi connectivity index (χ0) is 23.0. The van der Waals surface area contributed by atoms with Crippen LogP contribution in [-0.2, 0) is 11.3 Å². The molecule has 2 saturated heterocycles. The molecule has 2 fully saturated rings. The molecular weight excluding hydrogens is 449 g/mol. The summed E-state index contributed by atoms with van der Waals surface area (Å²) in [7, 11) is 0. The zero-order valence-electron chi connectivity index (χ0n) is 18.3. The van der Waals surface area contributed by atoms with Crippen molar-refractivity contribution in [3.8, 4) is 11.3 Å². The predicted octanol–water partition coefficient (Wildman–Crippen LogP) is 3.79. The molecule has 5 rings (SSSR count). The molecule has 3 aromatic heterocycles. The summed E-state index contributed by atoms with van der Waals surface area (Å²) in [5.41, 5.74) is 2.30. The van der Waals surface area contributed by atoms with E-state index in [1.807, 2.05) is 0 Å². The quantitative estimate of drug-likeness (QED) is 0.533. The van der Waals surface area contributed by atoms with Gasteiger partial charge in [-0.15, -0.1) is 0 Å². The summed E-state index contributed by atoms with van der Waals surface area (Å²) in [5, 5.41) is 8.92. The van der Waals surface area contributed by atoms with E-state index in [4.69, 9.17) is 20.9 Å². The van der Waals surface area contributed by atoms with Gasteiger partial charge in [0.05, 0.1) is 30.6 Å². The largest absolute Gasteiger partial charge is 0.375 e. The summed E-state index contributed by atoms with van der Waals surface area (Å²) in [6.45, 7) is 3.91.